The van der Waals surface area contributed by atoms with Crippen LogP contribution in [0.5, 0.6) is 0 Å². The summed E-state index contributed by atoms with van der Waals surface area (Å²) >= 11 is 1.37. The number of anilines is 1. The van der Waals surface area contributed by atoms with Crippen molar-refractivity contribution < 1.29 is 4.79 Å². The van der Waals surface area contributed by atoms with Crippen LogP contribution in [0.25, 0.3) is 22.0 Å². The Hall–Kier alpha value is -3.18. The van der Waals surface area contributed by atoms with Gasteiger partial charge in [0.1, 0.15) is 5.82 Å². The molecule has 4 rings (SSSR count). The average Bonchev–Trinajstić information content (AvgIpc) is 3.21. The third-order valence-electron chi connectivity index (χ3n) is 4.59. The Kier molecular flexibility index (Phi) is 4.38. The molecule has 5 heteroatoms. The van der Waals surface area contributed by atoms with Crippen molar-refractivity contribution in [2.45, 2.75) is 6.92 Å². The molecule has 0 spiro atoms. The summed E-state index contributed by atoms with van der Waals surface area (Å²) in [6, 6.07) is 18.8. The van der Waals surface area contributed by atoms with E-state index >= 15 is 0 Å². The molecule has 134 valence electrons. The highest BCUT2D eigenvalue weighted by Crippen LogP contribution is 2.29. The maximum atomic E-state index is 13.3. The van der Waals surface area contributed by atoms with Crippen LogP contribution in [-0.4, -0.2) is 10.5 Å². The maximum absolute atomic E-state index is 13.3. The van der Waals surface area contributed by atoms with E-state index in [-0.39, 0.29) is 11.3 Å². The Morgan fingerprint density at radius 3 is 2.59 bits per heavy atom. The molecule has 27 heavy (non-hydrogen) atoms. The third kappa shape index (κ3) is 3.06. The molecular formula is C22H18N2O2S. The molecule has 4 nitrogen and oxygen atoms in total. The van der Waals surface area contributed by atoms with Crippen LogP contribution in [0, 0.1) is 6.92 Å². The highest BCUT2D eigenvalue weighted by atomic mass is 32.1. The molecule has 0 aliphatic carbocycles. The first-order valence-corrected chi connectivity index (χ1v) is 9.48. The number of hydrogen-bond donors (Lipinski definition) is 1. The second-order valence-electron chi connectivity index (χ2n) is 6.43. The molecule has 0 aliphatic rings. The van der Waals surface area contributed by atoms with E-state index in [1.54, 1.807) is 6.07 Å². The Morgan fingerprint density at radius 2 is 1.85 bits per heavy atom. The number of benzene rings is 2. The minimum Gasteiger partial charge on any atom is -0.330 e. The van der Waals surface area contributed by atoms with E-state index in [0.717, 1.165) is 16.6 Å². The molecule has 0 atom stereocenters. The lowest BCUT2D eigenvalue weighted by molar-refractivity contribution is 0.103. The van der Waals surface area contributed by atoms with Crippen molar-refractivity contribution in [3.63, 3.8) is 0 Å². The molecule has 0 saturated carbocycles. The number of aryl methyl sites for hydroxylation is 2. The highest BCUT2D eigenvalue weighted by Gasteiger charge is 2.19. The number of pyridine rings is 1. The molecular weight excluding hydrogens is 356 g/mol. The lowest BCUT2D eigenvalue weighted by Crippen LogP contribution is -2.21. The van der Waals surface area contributed by atoms with Gasteiger partial charge in [-0.05, 0) is 36.1 Å². The first-order chi connectivity index (χ1) is 13.1. The normalized spacial score (nSPS) is 10.9. The Bertz CT molecular complexity index is 1210. The van der Waals surface area contributed by atoms with Crippen molar-refractivity contribution in [1.29, 1.82) is 0 Å². The van der Waals surface area contributed by atoms with E-state index in [9.17, 15) is 9.59 Å². The molecule has 0 radical (unpaired) electrons. The second-order valence-corrected chi connectivity index (χ2v) is 7.38. The summed E-state index contributed by atoms with van der Waals surface area (Å²) < 4.78 is 1.87. The van der Waals surface area contributed by atoms with E-state index in [2.05, 4.69) is 5.32 Å². The molecule has 0 aliphatic heterocycles. The van der Waals surface area contributed by atoms with Gasteiger partial charge in [-0.25, -0.2) is 0 Å². The smallest absolute Gasteiger partial charge is 0.266 e. The van der Waals surface area contributed by atoms with Gasteiger partial charge in [-0.3, -0.25) is 9.59 Å². The number of para-hydroxylation sites is 1. The number of thiophene rings is 1. The molecule has 1 amide bonds. The predicted molar refractivity (Wildman–Crippen MR) is 112 cm³/mol. The average molecular weight is 374 g/mol. The zero-order valence-corrected chi connectivity index (χ0v) is 15.8. The van der Waals surface area contributed by atoms with Crippen LogP contribution in [0.2, 0.25) is 0 Å². The van der Waals surface area contributed by atoms with Crippen molar-refractivity contribution >= 4 is 34.0 Å². The lowest BCUT2D eigenvalue weighted by Gasteiger charge is -2.18. The Morgan fingerprint density at radius 1 is 1.04 bits per heavy atom. The van der Waals surface area contributed by atoms with Crippen LogP contribution < -0.4 is 10.7 Å². The molecule has 0 fully saturated rings. The molecule has 2 heterocycles. The van der Waals surface area contributed by atoms with Crippen LogP contribution in [0.1, 0.15) is 15.2 Å². The summed E-state index contributed by atoms with van der Waals surface area (Å²) in [7, 11) is 1.87. The number of carbonyl (C=O) groups excluding carboxylic acids is 1. The lowest BCUT2D eigenvalue weighted by atomic mass is 10.0. The van der Waals surface area contributed by atoms with E-state index in [0.29, 0.717) is 21.6 Å². The number of carbonyl (C=O) groups is 1. The summed E-state index contributed by atoms with van der Waals surface area (Å²) in [5.41, 5.74) is 3.04. The summed E-state index contributed by atoms with van der Waals surface area (Å²) in [4.78, 5) is 26.6. The molecule has 4 aromatic rings. The van der Waals surface area contributed by atoms with Crippen molar-refractivity contribution in [3.05, 3.63) is 86.7 Å². The number of nitrogens with zero attached hydrogens (tertiary/aromatic N) is 1. The quantitative estimate of drug-likeness (QED) is 0.558. The number of hydrogen-bond acceptors (Lipinski definition) is 3. The zero-order valence-electron chi connectivity index (χ0n) is 15.0. The number of aromatic nitrogens is 1. The first kappa shape index (κ1) is 17.2. The van der Waals surface area contributed by atoms with Gasteiger partial charge in [-0.1, -0.05) is 48.0 Å². The van der Waals surface area contributed by atoms with Crippen molar-refractivity contribution in [2.24, 2.45) is 7.05 Å². The fraction of sp³-hybridized carbons (Fsp3) is 0.0909. The van der Waals surface area contributed by atoms with Crippen LogP contribution in [0.15, 0.2) is 70.8 Å². The summed E-state index contributed by atoms with van der Waals surface area (Å²) in [5.74, 6) is 0.284. The first-order valence-electron chi connectivity index (χ1n) is 8.60. The fourth-order valence-electron chi connectivity index (χ4n) is 3.28. The highest BCUT2D eigenvalue weighted by molar-refractivity contribution is 7.12. The van der Waals surface area contributed by atoms with Crippen LogP contribution in [0.4, 0.5) is 5.82 Å². The topological polar surface area (TPSA) is 51.1 Å². The Balaban J connectivity index is 2.00. The number of nitrogens with one attached hydrogen (secondary N) is 1. The van der Waals surface area contributed by atoms with Gasteiger partial charge >= 0.3 is 0 Å². The van der Waals surface area contributed by atoms with Crippen LogP contribution >= 0.6 is 11.3 Å². The van der Waals surface area contributed by atoms with Gasteiger partial charge in [0.15, 0.2) is 5.43 Å². The van der Waals surface area contributed by atoms with Gasteiger partial charge in [0.2, 0.25) is 0 Å². The SMILES string of the molecule is Cc1cccc(-c2c(NC(=O)c3cccs3)n(C)c3ccccc3c2=O)c1. The maximum Gasteiger partial charge on any atom is 0.266 e. The van der Waals surface area contributed by atoms with Gasteiger partial charge in [0.25, 0.3) is 5.91 Å². The number of rotatable bonds is 3. The summed E-state index contributed by atoms with van der Waals surface area (Å²) in [5, 5.41) is 5.45. The summed E-state index contributed by atoms with van der Waals surface area (Å²) in [6.07, 6.45) is 0. The molecule has 2 aromatic heterocycles. The van der Waals surface area contributed by atoms with Crippen LogP contribution in [-0.2, 0) is 7.05 Å². The fourth-order valence-corrected chi connectivity index (χ4v) is 3.90. The Labute approximate surface area is 160 Å². The second kappa shape index (κ2) is 6.85. The molecule has 0 saturated heterocycles. The zero-order chi connectivity index (χ0) is 19.0. The summed E-state index contributed by atoms with van der Waals surface area (Å²) in [6.45, 7) is 1.99. The largest absolute Gasteiger partial charge is 0.330 e. The third-order valence-corrected chi connectivity index (χ3v) is 5.46. The van der Waals surface area contributed by atoms with E-state index in [4.69, 9.17) is 0 Å². The predicted octanol–water partition coefficient (Wildman–Crippen LogP) is 4.83. The van der Waals surface area contributed by atoms with Crippen molar-refractivity contribution in [2.75, 3.05) is 5.32 Å². The van der Waals surface area contributed by atoms with Gasteiger partial charge in [0, 0.05) is 12.4 Å². The van der Waals surface area contributed by atoms with Gasteiger partial charge in [-0.15, -0.1) is 11.3 Å². The van der Waals surface area contributed by atoms with Crippen molar-refractivity contribution in [1.82, 2.24) is 4.57 Å². The number of amides is 1. The number of fused-ring (bicyclic) bond motifs is 1. The van der Waals surface area contributed by atoms with Gasteiger partial charge < -0.3 is 9.88 Å². The minimum atomic E-state index is -0.218. The minimum absolute atomic E-state index is 0.0872. The van der Waals surface area contributed by atoms with Crippen LogP contribution in [0.3, 0.4) is 0 Å². The molecule has 1 N–H and O–H groups in total. The van der Waals surface area contributed by atoms with Gasteiger partial charge in [-0.2, -0.15) is 0 Å². The molecule has 0 unspecified atom stereocenters. The van der Waals surface area contributed by atoms with Crippen molar-refractivity contribution in [3.8, 4) is 11.1 Å². The standard InChI is InChI=1S/C22H18N2O2S/c1-14-7-5-8-15(13-14)19-20(25)16-9-3-4-10-17(16)24(2)21(19)23-22(26)18-11-6-12-27-18/h3-13H,1-2H3,(H,23,26). The molecule has 0 bridgehead atoms. The van der Waals surface area contributed by atoms with Gasteiger partial charge in [0.05, 0.1) is 16.0 Å². The van der Waals surface area contributed by atoms with E-state index in [1.165, 1.54) is 11.3 Å². The monoisotopic (exact) mass is 374 g/mol. The van der Waals surface area contributed by atoms with E-state index < -0.39 is 0 Å². The van der Waals surface area contributed by atoms with E-state index in [1.807, 2.05) is 78.5 Å². The molecule has 2 aromatic carbocycles.